The minimum Gasteiger partial charge on any atom is -0.345 e. The predicted molar refractivity (Wildman–Crippen MR) is 87.2 cm³/mol. The summed E-state index contributed by atoms with van der Waals surface area (Å²) in [6.07, 6.45) is 3.77. The predicted octanol–water partition coefficient (Wildman–Crippen LogP) is 2.95. The van der Waals surface area contributed by atoms with Crippen LogP contribution >= 0.6 is 0 Å². The van der Waals surface area contributed by atoms with Crippen LogP contribution in [0.2, 0.25) is 0 Å². The van der Waals surface area contributed by atoms with Crippen LogP contribution in [0.15, 0.2) is 24.3 Å². The van der Waals surface area contributed by atoms with Crippen molar-refractivity contribution in [3.05, 3.63) is 35.6 Å². The van der Waals surface area contributed by atoms with Crippen molar-refractivity contribution in [2.75, 3.05) is 33.2 Å². The van der Waals surface area contributed by atoms with E-state index in [9.17, 15) is 9.18 Å². The van der Waals surface area contributed by atoms with Crippen LogP contribution in [0.25, 0.3) is 0 Å². The van der Waals surface area contributed by atoms with E-state index in [-0.39, 0.29) is 11.7 Å². The SMILES string of the molecule is CCC(=O)N(C)CC1CCN(CCc2cccc(F)c2)CC1. The average molecular weight is 306 g/mol. The Bertz CT molecular complexity index is 484. The van der Waals surface area contributed by atoms with Gasteiger partial charge in [-0.15, -0.1) is 0 Å². The van der Waals surface area contributed by atoms with Gasteiger partial charge in [-0.2, -0.15) is 0 Å². The summed E-state index contributed by atoms with van der Waals surface area (Å²) in [7, 11) is 1.90. The molecule has 3 nitrogen and oxygen atoms in total. The maximum absolute atomic E-state index is 13.2. The molecule has 1 amide bonds. The number of likely N-dealkylation sites (tertiary alicyclic amines) is 1. The van der Waals surface area contributed by atoms with Gasteiger partial charge in [0.05, 0.1) is 0 Å². The minimum absolute atomic E-state index is 0.153. The van der Waals surface area contributed by atoms with Gasteiger partial charge in [-0.3, -0.25) is 4.79 Å². The van der Waals surface area contributed by atoms with Crippen molar-refractivity contribution >= 4 is 5.91 Å². The van der Waals surface area contributed by atoms with E-state index < -0.39 is 0 Å². The first-order valence-electron chi connectivity index (χ1n) is 8.29. The Morgan fingerprint density at radius 3 is 2.73 bits per heavy atom. The summed E-state index contributed by atoms with van der Waals surface area (Å²) >= 11 is 0. The van der Waals surface area contributed by atoms with E-state index in [1.165, 1.54) is 6.07 Å². The Morgan fingerprint density at radius 1 is 1.36 bits per heavy atom. The zero-order valence-electron chi connectivity index (χ0n) is 13.7. The van der Waals surface area contributed by atoms with Crippen LogP contribution in [0.4, 0.5) is 4.39 Å². The second-order valence-electron chi connectivity index (χ2n) is 6.29. The van der Waals surface area contributed by atoms with Crippen LogP contribution in [0.3, 0.4) is 0 Å². The zero-order chi connectivity index (χ0) is 15.9. The molecule has 0 bridgehead atoms. The first-order chi connectivity index (χ1) is 10.6. The molecule has 1 aliphatic rings. The largest absolute Gasteiger partial charge is 0.345 e. The molecule has 1 saturated heterocycles. The highest BCUT2D eigenvalue weighted by Crippen LogP contribution is 2.18. The van der Waals surface area contributed by atoms with Crippen molar-refractivity contribution in [1.82, 2.24) is 9.80 Å². The summed E-state index contributed by atoms with van der Waals surface area (Å²) in [6, 6.07) is 6.87. The Hall–Kier alpha value is -1.42. The molecule has 22 heavy (non-hydrogen) atoms. The minimum atomic E-state index is -0.153. The molecule has 2 rings (SSSR count). The lowest BCUT2D eigenvalue weighted by atomic mass is 9.96. The summed E-state index contributed by atoms with van der Waals surface area (Å²) in [4.78, 5) is 15.9. The number of carbonyl (C=O) groups excluding carboxylic acids is 1. The fourth-order valence-electron chi connectivity index (χ4n) is 3.13. The monoisotopic (exact) mass is 306 g/mol. The summed E-state index contributed by atoms with van der Waals surface area (Å²) in [5, 5.41) is 0. The maximum atomic E-state index is 13.2. The maximum Gasteiger partial charge on any atom is 0.222 e. The molecule has 0 radical (unpaired) electrons. The van der Waals surface area contributed by atoms with Crippen molar-refractivity contribution in [2.24, 2.45) is 5.92 Å². The molecule has 1 aliphatic heterocycles. The van der Waals surface area contributed by atoms with E-state index >= 15 is 0 Å². The van der Waals surface area contributed by atoms with Crippen LogP contribution < -0.4 is 0 Å². The lowest BCUT2D eigenvalue weighted by Crippen LogP contribution is -2.40. The molecule has 0 unspecified atom stereocenters. The molecule has 0 N–H and O–H groups in total. The van der Waals surface area contributed by atoms with E-state index in [2.05, 4.69) is 4.90 Å². The Balaban J connectivity index is 1.70. The van der Waals surface area contributed by atoms with Gasteiger partial charge in [0.25, 0.3) is 0 Å². The Labute approximate surface area is 133 Å². The van der Waals surface area contributed by atoms with Gasteiger partial charge < -0.3 is 9.80 Å². The Kier molecular flexibility index (Phi) is 6.37. The van der Waals surface area contributed by atoms with E-state index in [4.69, 9.17) is 0 Å². The number of halogens is 1. The summed E-state index contributed by atoms with van der Waals surface area (Å²) in [5.74, 6) is 0.694. The third kappa shape index (κ3) is 5.09. The quantitative estimate of drug-likeness (QED) is 0.807. The molecule has 1 aromatic carbocycles. The van der Waals surface area contributed by atoms with E-state index in [1.54, 1.807) is 12.1 Å². The van der Waals surface area contributed by atoms with E-state index in [0.29, 0.717) is 12.3 Å². The van der Waals surface area contributed by atoms with Crippen LogP contribution in [-0.4, -0.2) is 48.9 Å². The third-order valence-corrected chi connectivity index (χ3v) is 4.57. The van der Waals surface area contributed by atoms with E-state index in [0.717, 1.165) is 51.0 Å². The number of hydrogen-bond acceptors (Lipinski definition) is 2. The zero-order valence-corrected chi connectivity index (χ0v) is 13.7. The highest BCUT2D eigenvalue weighted by molar-refractivity contribution is 5.75. The molecule has 0 saturated carbocycles. The van der Waals surface area contributed by atoms with Crippen molar-refractivity contribution in [3.8, 4) is 0 Å². The van der Waals surface area contributed by atoms with Crippen LogP contribution in [0.5, 0.6) is 0 Å². The molecule has 0 atom stereocenters. The number of carbonyl (C=O) groups is 1. The normalized spacial score (nSPS) is 16.7. The standard InChI is InChI=1S/C18H27FN2O/c1-3-18(22)20(2)14-16-8-11-21(12-9-16)10-7-15-5-4-6-17(19)13-15/h4-6,13,16H,3,7-12,14H2,1-2H3. The fourth-order valence-corrected chi connectivity index (χ4v) is 3.13. The highest BCUT2D eigenvalue weighted by atomic mass is 19.1. The van der Waals surface area contributed by atoms with Gasteiger partial charge in [-0.1, -0.05) is 19.1 Å². The van der Waals surface area contributed by atoms with Gasteiger partial charge in [0, 0.05) is 26.6 Å². The molecule has 0 aromatic heterocycles. The first-order valence-corrected chi connectivity index (χ1v) is 8.29. The van der Waals surface area contributed by atoms with Gasteiger partial charge in [-0.05, 0) is 56.0 Å². The molecule has 1 heterocycles. The summed E-state index contributed by atoms with van der Waals surface area (Å²) in [5.41, 5.74) is 1.07. The fraction of sp³-hybridized carbons (Fsp3) is 0.611. The lowest BCUT2D eigenvalue weighted by Gasteiger charge is -2.33. The van der Waals surface area contributed by atoms with E-state index in [1.807, 2.05) is 24.9 Å². The summed E-state index contributed by atoms with van der Waals surface area (Å²) < 4.78 is 13.2. The second kappa shape index (κ2) is 8.28. The first kappa shape index (κ1) is 16.9. The second-order valence-corrected chi connectivity index (χ2v) is 6.29. The number of benzene rings is 1. The molecule has 122 valence electrons. The molecular weight excluding hydrogens is 279 g/mol. The van der Waals surface area contributed by atoms with Gasteiger partial charge in [0.2, 0.25) is 5.91 Å². The van der Waals surface area contributed by atoms with Crippen LogP contribution in [-0.2, 0) is 11.2 Å². The topological polar surface area (TPSA) is 23.6 Å². The van der Waals surface area contributed by atoms with Crippen LogP contribution in [0, 0.1) is 11.7 Å². The number of hydrogen-bond donors (Lipinski definition) is 0. The average Bonchev–Trinajstić information content (AvgIpc) is 2.53. The smallest absolute Gasteiger partial charge is 0.222 e. The lowest BCUT2D eigenvalue weighted by molar-refractivity contribution is -0.130. The molecule has 1 fully saturated rings. The number of amides is 1. The van der Waals surface area contributed by atoms with Crippen molar-refractivity contribution < 1.29 is 9.18 Å². The highest BCUT2D eigenvalue weighted by Gasteiger charge is 2.21. The van der Waals surface area contributed by atoms with Gasteiger partial charge in [-0.25, -0.2) is 4.39 Å². The molecular formula is C18H27FN2O. The van der Waals surface area contributed by atoms with Crippen molar-refractivity contribution in [2.45, 2.75) is 32.6 Å². The number of nitrogens with zero attached hydrogens (tertiary/aromatic N) is 2. The van der Waals surface area contributed by atoms with Gasteiger partial charge in [0.15, 0.2) is 0 Å². The van der Waals surface area contributed by atoms with Gasteiger partial charge in [0.1, 0.15) is 5.82 Å². The molecule has 1 aromatic rings. The third-order valence-electron chi connectivity index (χ3n) is 4.57. The van der Waals surface area contributed by atoms with Crippen molar-refractivity contribution in [3.63, 3.8) is 0 Å². The molecule has 0 aliphatic carbocycles. The number of rotatable bonds is 6. The molecule has 4 heteroatoms. The molecule has 0 spiro atoms. The summed E-state index contributed by atoms with van der Waals surface area (Å²) in [6.45, 7) is 5.93. The Morgan fingerprint density at radius 2 is 2.09 bits per heavy atom. The van der Waals surface area contributed by atoms with Crippen LogP contribution in [0.1, 0.15) is 31.7 Å². The van der Waals surface area contributed by atoms with Crippen molar-refractivity contribution in [1.29, 1.82) is 0 Å². The van der Waals surface area contributed by atoms with Gasteiger partial charge >= 0.3 is 0 Å². The number of piperidine rings is 1.